The zero-order valence-electron chi connectivity index (χ0n) is 18.0. The van der Waals surface area contributed by atoms with E-state index in [1.54, 1.807) is 13.0 Å². The Morgan fingerprint density at radius 1 is 1.24 bits per heavy atom. The van der Waals surface area contributed by atoms with Crippen LogP contribution in [-0.4, -0.2) is 53.8 Å². The molecule has 2 heterocycles. The summed E-state index contributed by atoms with van der Waals surface area (Å²) >= 11 is -2.59. The Balaban J connectivity index is 2.04. The summed E-state index contributed by atoms with van der Waals surface area (Å²) in [5.74, 6) is -0.725. The van der Waals surface area contributed by atoms with Gasteiger partial charge in [0.05, 0.1) is 17.5 Å². The molecule has 1 aromatic heterocycles. The highest BCUT2D eigenvalue weighted by Crippen LogP contribution is 2.42. The Morgan fingerprint density at radius 2 is 1.91 bits per heavy atom. The second-order valence-electron chi connectivity index (χ2n) is 7.67. The summed E-state index contributed by atoms with van der Waals surface area (Å²) in [6, 6.07) is 7.80. The summed E-state index contributed by atoms with van der Waals surface area (Å²) < 4.78 is 70.4. The summed E-state index contributed by atoms with van der Waals surface area (Å²) in [7, 11) is -2.29. The molecule has 12 heteroatoms. The van der Waals surface area contributed by atoms with Crippen LogP contribution in [0.3, 0.4) is 0 Å². The van der Waals surface area contributed by atoms with Crippen LogP contribution in [0, 0.1) is 5.82 Å². The molecule has 0 spiro atoms. The second kappa shape index (κ2) is 8.52. The van der Waals surface area contributed by atoms with E-state index < -0.39 is 39.1 Å². The lowest BCUT2D eigenvalue weighted by Gasteiger charge is -2.28. The Kier molecular flexibility index (Phi) is 6.03. The number of fused-ring (bicyclic) bond motifs is 2. The predicted octanol–water partition coefficient (Wildman–Crippen LogP) is 2.54. The van der Waals surface area contributed by atoms with Crippen LogP contribution in [0.2, 0.25) is 0 Å². The van der Waals surface area contributed by atoms with E-state index in [0.29, 0.717) is 16.5 Å². The highest BCUT2D eigenvalue weighted by atomic mass is 32.2. The van der Waals surface area contributed by atoms with E-state index in [1.165, 1.54) is 37.4 Å². The summed E-state index contributed by atoms with van der Waals surface area (Å²) in [6.07, 6.45) is 1.04. The van der Waals surface area contributed by atoms with Crippen LogP contribution in [0.25, 0.3) is 22.3 Å². The minimum absolute atomic E-state index is 0.0382. The molecule has 0 aliphatic carbocycles. The number of hydrogen-bond donors (Lipinski definition) is 1. The molecule has 4 rings (SSSR count). The molecule has 1 aliphatic heterocycles. The topological polar surface area (TPSA) is 123 Å². The molecule has 2 unspecified atom stereocenters. The van der Waals surface area contributed by atoms with E-state index in [-0.39, 0.29) is 35.7 Å². The van der Waals surface area contributed by atoms with E-state index in [9.17, 15) is 26.4 Å². The van der Waals surface area contributed by atoms with Crippen LogP contribution in [0.1, 0.15) is 28.9 Å². The molecule has 176 valence electrons. The number of anilines is 1. The van der Waals surface area contributed by atoms with Gasteiger partial charge in [0.15, 0.2) is 0 Å². The second-order valence-corrected chi connectivity index (χ2v) is 10.5. The largest absolute Gasteiger partial charge is 0.760 e. The molecule has 1 aliphatic rings. The highest BCUT2D eigenvalue weighted by molar-refractivity contribution is 7.92. The van der Waals surface area contributed by atoms with Crippen molar-refractivity contribution in [1.82, 2.24) is 9.62 Å². The van der Waals surface area contributed by atoms with Crippen molar-refractivity contribution in [2.24, 2.45) is 0 Å². The number of furan rings is 1. The normalized spacial score (nSPS) is 18.1. The molecular formula is C21H21FN3O6S2-. The average molecular weight is 495 g/mol. The number of nitrogens with zero attached hydrogens (tertiary/aromatic N) is 2. The first-order valence-corrected chi connectivity index (χ1v) is 12.8. The van der Waals surface area contributed by atoms with Gasteiger partial charge in [-0.3, -0.25) is 13.3 Å². The Morgan fingerprint density at radius 3 is 2.48 bits per heavy atom. The Hall–Kier alpha value is -2.80. The maximum absolute atomic E-state index is 13.4. The van der Waals surface area contributed by atoms with Gasteiger partial charge in [0.1, 0.15) is 17.2 Å². The lowest BCUT2D eigenvalue weighted by Crippen LogP contribution is -2.36. The number of nitrogens with one attached hydrogen (secondary N) is 1. The van der Waals surface area contributed by atoms with Crippen LogP contribution in [0.15, 0.2) is 40.8 Å². The maximum atomic E-state index is 13.4. The van der Waals surface area contributed by atoms with Gasteiger partial charge in [-0.2, -0.15) is 0 Å². The quantitative estimate of drug-likeness (QED) is 0.556. The van der Waals surface area contributed by atoms with Crippen molar-refractivity contribution in [2.75, 3.05) is 30.7 Å². The van der Waals surface area contributed by atoms with Crippen molar-refractivity contribution in [1.29, 1.82) is 0 Å². The minimum atomic E-state index is -3.74. The van der Waals surface area contributed by atoms with Crippen LogP contribution in [-0.2, 0) is 21.3 Å². The van der Waals surface area contributed by atoms with E-state index in [0.717, 1.165) is 14.9 Å². The van der Waals surface area contributed by atoms with Gasteiger partial charge in [-0.25, -0.2) is 17.1 Å². The molecule has 2 aromatic carbocycles. The molecule has 0 bridgehead atoms. The number of rotatable bonds is 4. The first kappa shape index (κ1) is 23.4. The van der Waals surface area contributed by atoms with Crippen LogP contribution in [0.4, 0.5) is 10.1 Å². The third kappa shape index (κ3) is 4.14. The number of benzene rings is 2. The van der Waals surface area contributed by atoms with Crippen LogP contribution < -0.4 is 9.62 Å². The SMILES string of the molecule is CNC(=O)c1c(-c2ccc(F)cc2)oc2cc3c(cc12)C(C)N(S(=O)[O-])CCN3S(C)(=O)=O. The highest BCUT2D eigenvalue weighted by Gasteiger charge is 2.33. The van der Waals surface area contributed by atoms with Gasteiger partial charge in [-0.1, -0.05) is 0 Å². The molecule has 0 radical (unpaired) electrons. The van der Waals surface area contributed by atoms with Gasteiger partial charge in [-0.05, 0) is 42.8 Å². The number of hydrogen-bond acceptors (Lipinski definition) is 6. The molecule has 33 heavy (non-hydrogen) atoms. The third-order valence-electron chi connectivity index (χ3n) is 5.66. The summed E-state index contributed by atoms with van der Waals surface area (Å²) in [5.41, 5.74) is 1.56. The minimum Gasteiger partial charge on any atom is -0.760 e. The zero-order valence-corrected chi connectivity index (χ0v) is 19.6. The molecule has 1 N–H and O–H groups in total. The van der Waals surface area contributed by atoms with Crippen molar-refractivity contribution >= 4 is 43.9 Å². The first-order chi connectivity index (χ1) is 15.5. The smallest absolute Gasteiger partial charge is 0.255 e. The monoisotopic (exact) mass is 494 g/mol. The standard InChI is InChI=1S/C21H22FN3O6S2/c1-12-15-10-16-18(11-17(15)25(33(3,29)30)9-8-24(12)32(27)28)31-20(19(16)21(26)23-2)13-4-6-14(22)7-5-13/h4-7,10-12H,8-9H2,1-3H3,(H,23,26)(H,27,28)/p-1. The van der Waals surface area contributed by atoms with E-state index in [2.05, 4.69) is 5.32 Å². The number of sulfonamides is 1. The lowest BCUT2D eigenvalue weighted by atomic mass is 9.99. The zero-order chi connectivity index (χ0) is 24.1. The summed E-state index contributed by atoms with van der Waals surface area (Å²) in [4.78, 5) is 12.8. The fourth-order valence-corrected chi connectivity index (χ4v) is 5.59. The van der Waals surface area contributed by atoms with Crippen molar-refractivity contribution < 1.29 is 30.8 Å². The van der Waals surface area contributed by atoms with E-state index in [1.807, 2.05) is 0 Å². The number of carbonyl (C=O) groups is 1. The molecular weight excluding hydrogens is 473 g/mol. The molecule has 9 nitrogen and oxygen atoms in total. The molecule has 2 atom stereocenters. The summed E-state index contributed by atoms with van der Waals surface area (Å²) in [6.45, 7) is 1.53. The van der Waals surface area contributed by atoms with Gasteiger partial charge in [0.25, 0.3) is 5.91 Å². The van der Waals surface area contributed by atoms with E-state index >= 15 is 0 Å². The van der Waals surface area contributed by atoms with Gasteiger partial charge < -0.3 is 14.3 Å². The first-order valence-electron chi connectivity index (χ1n) is 9.95. The number of amides is 1. The number of carbonyl (C=O) groups excluding carboxylic acids is 1. The molecule has 0 saturated carbocycles. The average Bonchev–Trinajstić information content (AvgIpc) is 3.05. The maximum Gasteiger partial charge on any atom is 0.255 e. The van der Waals surface area contributed by atoms with E-state index in [4.69, 9.17) is 4.42 Å². The molecule has 0 fully saturated rings. The van der Waals surface area contributed by atoms with Gasteiger partial charge in [0.2, 0.25) is 10.0 Å². The van der Waals surface area contributed by atoms with Gasteiger partial charge in [0, 0.05) is 54.5 Å². The molecule has 0 saturated heterocycles. The van der Waals surface area contributed by atoms with Crippen LogP contribution in [0.5, 0.6) is 0 Å². The Labute approximate surface area is 192 Å². The van der Waals surface area contributed by atoms with Crippen molar-refractivity contribution in [3.05, 3.63) is 53.3 Å². The fourth-order valence-electron chi connectivity index (χ4n) is 4.06. The molecule has 3 aromatic rings. The Bertz CT molecular complexity index is 1370. The van der Waals surface area contributed by atoms with Crippen molar-refractivity contribution in [3.8, 4) is 11.3 Å². The lowest BCUT2D eigenvalue weighted by molar-refractivity contribution is 0.0964. The third-order valence-corrected chi connectivity index (χ3v) is 7.73. The van der Waals surface area contributed by atoms with Crippen molar-refractivity contribution in [2.45, 2.75) is 13.0 Å². The number of halogens is 1. The van der Waals surface area contributed by atoms with Crippen molar-refractivity contribution in [3.63, 3.8) is 0 Å². The van der Waals surface area contributed by atoms with Gasteiger partial charge in [-0.15, -0.1) is 0 Å². The van der Waals surface area contributed by atoms with Crippen LogP contribution >= 0.6 is 0 Å². The summed E-state index contributed by atoms with van der Waals surface area (Å²) in [5, 5.41) is 2.94. The fraction of sp³-hybridized carbons (Fsp3) is 0.286. The molecule has 1 amide bonds. The van der Waals surface area contributed by atoms with Gasteiger partial charge >= 0.3 is 0 Å². The predicted molar refractivity (Wildman–Crippen MR) is 121 cm³/mol.